The van der Waals surface area contributed by atoms with Gasteiger partial charge in [-0.25, -0.2) is 9.97 Å². The zero-order valence-corrected chi connectivity index (χ0v) is 16.4. The highest BCUT2D eigenvalue weighted by Gasteiger charge is 2.12. The van der Waals surface area contributed by atoms with E-state index in [4.69, 9.17) is 21.1 Å². The van der Waals surface area contributed by atoms with Crippen molar-refractivity contribution in [1.29, 1.82) is 0 Å². The number of methoxy groups -OCH3 is 1. The van der Waals surface area contributed by atoms with Crippen molar-refractivity contribution in [3.8, 4) is 11.6 Å². The second-order valence-corrected chi connectivity index (χ2v) is 6.80. The van der Waals surface area contributed by atoms with Gasteiger partial charge in [-0.05, 0) is 36.8 Å². The molecule has 8 heteroatoms. The molecule has 0 aliphatic carbocycles. The Labute approximate surface area is 163 Å². The van der Waals surface area contributed by atoms with Crippen LogP contribution >= 0.6 is 27.5 Å². The molecule has 1 aromatic heterocycles. The van der Waals surface area contributed by atoms with E-state index in [0.717, 1.165) is 20.9 Å². The highest BCUT2D eigenvalue weighted by Crippen LogP contribution is 2.31. The van der Waals surface area contributed by atoms with Gasteiger partial charge in [0.25, 0.3) is 5.91 Å². The van der Waals surface area contributed by atoms with Crippen molar-refractivity contribution < 1.29 is 14.3 Å². The Hall–Kier alpha value is -2.38. The fourth-order valence-electron chi connectivity index (χ4n) is 2.37. The van der Waals surface area contributed by atoms with Gasteiger partial charge in [-0.15, -0.1) is 0 Å². The number of nitrogens with zero attached hydrogens (tertiary/aromatic N) is 2. The topological polar surface area (TPSA) is 73.3 Å². The molecular weight excluding hydrogens is 422 g/mol. The lowest BCUT2D eigenvalue weighted by atomic mass is 10.2. The third-order valence-corrected chi connectivity index (χ3v) is 4.56. The van der Waals surface area contributed by atoms with Crippen LogP contribution in [0, 0.1) is 6.92 Å². The minimum atomic E-state index is -0.341. The van der Waals surface area contributed by atoms with Crippen LogP contribution in [0.2, 0.25) is 5.02 Å². The Balaban J connectivity index is 1.74. The highest BCUT2D eigenvalue weighted by molar-refractivity contribution is 9.10. The lowest BCUT2D eigenvalue weighted by Gasteiger charge is -2.13. The maximum Gasteiger partial charge on any atom is 0.262 e. The summed E-state index contributed by atoms with van der Waals surface area (Å²) in [6.07, 6.45) is 1.40. The molecule has 0 saturated heterocycles. The number of nitrogens with one attached hydrogen (secondary N) is 1. The maximum absolute atomic E-state index is 12.3. The normalized spacial score (nSPS) is 10.6. The van der Waals surface area contributed by atoms with Crippen LogP contribution in [0.5, 0.6) is 11.6 Å². The SMILES string of the molecule is COc1cc(Cl)c(C)cc1NC(=O)COc1ncnc2ccc(Br)cc12. The van der Waals surface area contributed by atoms with Gasteiger partial charge in [-0.1, -0.05) is 27.5 Å². The van der Waals surface area contributed by atoms with Gasteiger partial charge in [0.15, 0.2) is 6.61 Å². The summed E-state index contributed by atoms with van der Waals surface area (Å²) in [4.78, 5) is 20.6. The van der Waals surface area contributed by atoms with Crippen LogP contribution in [0.4, 0.5) is 5.69 Å². The van der Waals surface area contributed by atoms with Crippen molar-refractivity contribution >= 4 is 50.0 Å². The number of fused-ring (bicyclic) bond motifs is 1. The van der Waals surface area contributed by atoms with E-state index in [0.29, 0.717) is 22.3 Å². The summed E-state index contributed by atoms with van der Waals surface area (Å²) in [5.74, 6) is 0.475. The number of rotatable bonds is 5. The first-order chi connectivity index (χ1) is 12.5. The number of hydrogen-bond donors (Lipinski definition) is 1. The molecule has 0 fully saturated rings. The van der Waals surface area contributed by atoms with Crippen LogP contribution < -0.4 is 14.8 Å². The van der Waals surface area contributed by atoms with Gasteiger partial charge in [-0.3, -0.25) is 4.79 Å². The second kappa shape index (κ2) is 7.88. The van der Waals surface area contributed by atoms with Gasteiger partial charge in [0, 0.05) is 15.6 Å². The number of aromatic nitrogens is 2. The molecule has 3 aromatic rings. The smallest absolute Gasteiger partial charge is 0.262 e. The molecule has 1 N–H and O–H groups in total. The van der Waals surface area contributed by atoms with Gasteiger partial charge >= 0.3 is 0 Å². The average molecular weight is 437 g/mol. The summed E-state index contributed by atoms with van der Waals surface area (Å²) in [6, 6.07) is 8.96. The standard InChI is InChI=1S/C18H15BrClN3O3/c1-10-5-15(16(25-2)7-13(10)20)23-17(24)8-26-18-12-6-11(19)3-4-14(12)21-9-22-18/h3-7,9H,8H2,1-2H3,(H,23,24). The Morgan fingerprint density at radius 2 is 2.08 bits per heavy atom. The molecule has 0 aliphatic heterocycles. The van der Waals surface area contributed by atoms with E-state index in [-0.39, 0.29) is 12.5 Å². The molecule has 0 unspecified atom stereocenters. The molecule has 1 amide bonds. The number of anilines is 1. The van der Waals surface area contributed by atoms with Crippen LogP contribution in [-0.4, -0.2) is 29.6 Å². The summed E-state index contributed by atoms with van der Waals surface area (Å²) < 4.78 is 11.7. The second-order valence-electron chi connectivity index (χ2n) is 5.48. The number of carbonyl (C=O) groups excluding carboxylic acids is 1. The van der Waals surface area contributed by atoms with Crippen molar-refractivity contribution in [2.45, 2.75) is 6.92 Å². The molecule has 0 spiro atoms. The van der Waals surface area contributed by atoms with E-state index in [2.05, 4.69) is 31.2 Å². The van der Waals surface area contributed by atoms with E-state index in [1.54, 1.807) is 12.1 Å². The quantitative estimate of drug-likeness (QED) is 0.642. The van der Waals surface area contributed by atoms with Crippen LogP contribution in [0.15, 0.2) is 41.1 Å². The van der Waals surface area contributed by atoms with Gasteiger partial charge in [0.1, 0.15) is 12.1 Å². The molecule has 134 valence electrons. The molecule has 26 heavy (non-hydrogen) atoms. The molecule has 0 bridgehead atoms. The number of hydrogen-bond acceptors (Lipinski definition) is 5. The van der Waals surface area contributed by atoms with E-state index in [1.165, 1.54) is 13.4 Å². The lowest BCUT2D eigenvalue weighted by molar-refractivity contribution is -0.118. The summed E-state index contributed by atoms with van der Waals surface area (Å²) in [5, 5.41) is 4.04. The van der Waals surface area contributed by atoms with Gasteiger partial charge in [-0.2, -0.15) is 0 Å². The zero-order chi connectivity index (χ0) is 18.7. The number of amides is 1. The first-order valence-corrected chi connectivity index (χ1v) is 8.82. The van der Waals surface area contributed by atoms with Crippen molar-refractivity contribution in [3.05, 3.63) is 51.7 Å². The maximum atomic E-state index is 12.3. The molecule has 2 aromatic carbocycles. The van der Waals surface area contributed by atoms with E-state index in [1.807, 2.05) is 25.1 Å². The Bertz CT molecular complexity index is 981. The van der Waals surface area contributed by atoms with E-state index < -0.39 is 0 Å². The molecule has 0 atom stereocenters. The lowest BCUT2D eigenvalue weighted by Crippen LogP contribution is -2.21. The van der Waals surface area contributed by atoms with Gasteiger partial charge in [0.2, 0.25) is 5.88 Å². The van der Waals surface area contributed by atoms with E-state index in [9.17, 15) is 4.79 Å². The minimum Gasteiger partial charge on any atom is -0.495 e. The van der Waals surface area contributed by atoms with Crippen LogP contribution in [0.1, 0.15) is 5.56 Å². The highest BCUT2D eigenvalue weighted by atomic mass is 79.9. The molecule has 1 heterocycles. The van der Waals surface area contributed by atoms with Crippen LogP contribution in [0.3, 0.4) is 0 Å². The Morgan fingerprint density at radius 3 is 2.85 bits per heavy atom. The largest absolute Gasteiger partial charge is 0.495 e. The predicted octanol–water partition coefficient (Wildman–Crippen LogP) is 4.38. The monoisotopic (exact) mass is 435 g/mol. The molecule has 0 saturated carbocycles. The fraction of sp³-hybridized carbons (Fsp3) is 0.167. The summed E-state index contributed by atoms with van der Waals surface area (Å²) in [6.45, 7) is 1.64. The minimum absolute atomic E-state index is 0.205. The van der Waals surface area contributed by atoms with Gasteiger partial charge < -0.3 is 14.8 Å². The summed E-state index contributed by atoms with van der Waals surface area (Å²) in [5.41, 5.74) is 2.09. The zero-order valence-electron chi connectivity index (χ0n) is 14.0. The molecule has 0 aliphatic rings. The molecule has 6 nitrogen and oxygen atoms in total. The molecular formula is C18H15BrClN3O3. The Morgan fingerprint density at radius 1 is 1.27 bits per heavy atom. The molecule has 0 radical (unpaired) electrons. The number of halogens is 2. The van der Waals surface area contributed by atoms with Crippen LogP contribution in [-0.2, 0) is 4.79 Å². The third kappa shape index (κ3) is 4.05. The van der Waals surface area contributed by atoms with E-state index >= 15 is 0 Å². The average Bonchev–Trinajstić information content (AvgIpc) is 2.62. The Kier molecular flexibility index (Phi) is 5.58. The first-order valence-electron chi connectivity index (χ1n) is 7.65. The predicted molar refractivity (Wildman–Crippen MR) is 104 cm³/mol. The number of carbonyl (C=O) groups is 1. The van der Waals surface area contributed by atoms with Crippen molar-refractivity contribution in [3.63, 3.8) is 0 Å². The number of aryl methyl sites for hydroxylation is 1. The number of benzene rings is 2. The molecule has 3 rings (SSSR count). The van der Waals surface area contributed by atoms with Crippen LogP contribution in [0.25, 0.3) is 10.9 Å². The van der Waals surface area contributed by atoms with Crippen molar-refractivity contribution in [1.82, 2.24) is 9.97 Å². The summed E-state index contributed by atoms with van der Waals surface area (Å²) in [7, 11) is 1.51. The fourth-order valence-corrected chi connectivity index (χ4v) is 2.88. The summed E-state index contributed by atoms with van der Waals surface area (Å²) >= 11 is 9.48. The number of ether oxygens (including phenoxy) is 2. The van der Waals surface area contributed by atoms with Crippen molar-refractivity contribution in [2.24, 2.45) is 0 Å². The third-order valence-electron chi connectivity index (χ3n) is 3.66. The van der Waals surface area contributed by atoms with Crippen molar-refractivity contribution in [2.75, 3.05) is 19.0 Å². The first kappa shape index (κ1) is 18.4. The van der Waals surface area contributed by atoms with Gasteiger partial charge in [0.05, 0.1) is 23.7 Å².